The number of rotatable bonds is 4. The average Bonchev–Trinajstić information content (AvgIpc) is 3.06. The molecule has 7 heteroatoms. The molecule has 0 saturated heterocycles. The molecule has 3 aromatic carbocycles. The molecule has 0 unspecified atom stereocenters. The van der Waals surface area contributed by atoms with Crippen molar-refractivity contribution >= 4 is 50.3 Å². The standard InChI is InChI=1S/C23H16BrClFNO3/c1-13(17-4-2-3-5-19(17)25)29-23(28)27-21-18-11-10-16(26)12-20(18)30-22(21)14-6-8-15(24)9-7-14/h2-13H,1H3,(H,27,28)/t13-/m1/s1. The minimum absolute atomic E-state index is 0.322. The van der Waals surface area contributed by atoms with Crippen molar-refractivity contribution in [2.24, 2.45) is 0 Å². The Morgan fingerprint density at radius 1 is 1.13 bits per heavy atom. The van der Waals surface area contributed by atoms with Gasteiger partial charge in [0.25, 0.3) is 0 Å². The van der Waals surface area contributed by atoms with Gasteiger partial charge in [-0.15, -0.1) is 0 Å². The zero-order chi connectivity index (χ0) is 21.3. The van der Waals surface area contributed by atoms with E-state index in [9.17, 15) is 9.18 Å². The molecule has 0 aliphatic rings. The molecule has 1 heterocycles. The number of carbonyl (C=O) groups is 1. The maximum atomic E-state index is 13.7. The molecule has 1 amide bonds. The number of hydrogen-bond donors (Lipinski definition) is 1. The minimum atomic E-state index is -0.673. The van der Waals surface area contributed by atoms with Crippen molar-refractivity contribution in [2.75, 3.05) is 5.32 Å². The van der Waals surface area contributed by atoms with Crippen LogP contribution in [0.4, 0.5) is 14.9 Å². The summed E-state index contributed by atoms with van der Waals surface area (Å²) in [4.78, 5) is 12.7. The van der Waals surface area contributed by atoms with Gasteiger partial charge in [-0.05, 0) is 37.3 Å². The van der Waals surface area contributed by atoms with E-state index in [2.05, 4.69) is 21.2 Å². The summed E-state index contributed by atoms with van der Waals surface area (Å²) in [6.45, 7) is 1.74. The zero-order valence-corrected chi connectivity index (χ0v) is 18.1. The van der Waals surface area contributed by atoms with E-state index < -0.39 is 18.0 Å². The van der Waals surface area contributed by atoms with E-state index in [1.54, 1.807) is 31.2 Å². The third-order valence-electron chi connectivity index (χ3n) is 4.61. The summed E-state index contributed by atoms with van der Waals surface area (Å²) in [6, 6.07) is 18.7. The van der Waals surface area contributed by atoms with Crippen molar-refractivity contribution in [1.29, 1.82) is 0 Å². The van der Waals surface area contributed by atoms with Crippen LogP contribution in [0.2, 0.25) is 5.02 Å². The molecule has 0 aliphatic heterocycles. The lowest BCUT2D eigenvalue weighted by atomic mass is 10.1. The molecular weight excluding hydrogens is 473 g/mol. The Morgan fingerprint density at radius 2 is 1.87 bits per heavy atom. The molecule has 1 aromatic heterocycles. The van der Waals surface area contributed by atoms with Crippen molar-refractivity contribution in [3.05, 3.63) is 87.6 Å². The molecule has 1 N–H and O–H groups in total. The molecule has 30 heavy (non-hydrogen) atoms. The normalized spacial score (nSPS) is 12.0. The van der Waals surface area contributed by atoms with Crippen LogP contribution in [0.25, 0.3) is 22.3 Å². The number of furan rings is 1. The predicted octanol–water partition coefficient (Wildman–Crippen LogP) is 7.96. The van der Waals surface area contributed by atoms with Crippen LogP contribution in [-0.4, -0.2) is 6.09 Å². The fraction of sp³-hybridized carbons (Fsp3) is 0.0870. The highest BCUT2D eigenvalue weighted by Gasteiger charge is 2.21. The first kappa shape index (κ1) is 20.4. The Kier molecular flexibility index (Phi) is 5.79. The second-order valence-electron chi connectivity index (χ2n) is 6.65. The summed E-state index contributed by atoms with van der Waals surface area (Å²) in [5, 5.41) is 3.83. The van der Waals surface area contributed by atoms with Gasteiger partial charge in [-0.3, -0.25) is 5.32 Å². The molecule has 0 bridgehead atoms. The third kappa shape index (κ3) is 4.20. The number of halogens is 3. The molecule has 0 radical (unpaired) electrons. The summed E-state index contributed by atoms with van der Waals surface area (Å²) in [5.41, 5.74) is 2.15. The second kappa shape index (κ2) is 8.50. The van der Waals surface area contributed by atoms with E-state index in [1.807, 2.05) is 30.3 Å². The second-order valence-corrected chi connectivity index (χ2v) is 7.97. The maximum Gasteiger partial charge on any atom is 0.412 e. The van der Waals surface area contributed by atoms with E-state index in [4.69, 9.17) is 20.8 Å². The molecule has 0 spiro atoms. The van der Waals surface area contributed by atoms with Gasteiger partial charge in [-0.25, -0.2) is 9.18 Å². The van der Waals surface area contributed by atoms with Crippen LogP contribution in [0.15, 0.2) is 75.6 Å². The van der Waals surface area contributed by atoms with Gasteiger partial charge >= 0.3 is 6.09 Å². The molecule has 0 saturated carbocycles. The molecule has 0 aliphatic carbocycles. The Morgan fingerprint density at radius 3 is 2.60 bits per heavy atom. The van der Waals surface area contributed by atoms with Gasteiger partial charge in [-0.1, -0.05) is 57.9 Å². The van der Waals surface area contributed by atoms with Crippen LogP contribution in [0.3, 0.4) is 0 Å². The van der Waals surface area contributed by atoms with Crippen LogP contribution in [0.1, 0.15) is 18.6 Å². The topological polar surface area (TPSA) is 51.5 Å². The van der Waals surface area contributed by atoms with Gasteiger partial charge in [0.2, 0.25) is 0 Å². The number of anilines is 1. The third-order valence-corrected chi connectivity index (χ3v) is 5.49. The first-order valence-corrected chi connectivity index (χ1v) is 10.3. The Hall–Kier alpha value is -2.83. The highest BCUT2D eigenvalue weighted by Crippen LogP contribution is 2.39. The first-order chi connectivity index (χ1) is 14.4. The lowest BCUT2D eigenvalue weighted by molar-refractivity contribution is 0.121. The van der Waals surface area contributed by atoms with Crippen molar-refractivity contribution < 1.29 is 18.3 Å². The predicted molar refractivity (Wildman–Crippen MR) is 119 cm³/mol. The van der Waals surface area contributed by atoms with Crippen LogP contribution in [0.5, 0.6) is 0 Å². The van der Waals surface area contributed by atoms with E-state index in [1.165, 1.54) is 12.1 Å². The van der Waals surface area contributed by atoms with Crippen molar-refractivity contribution in [3.8, 4) is 11.3 Å². The lowest BCUT2D eigenvalue weighted by Crippen LogP contribution is -2.16. The maximum absolute atomic E-state index is 13.7. The Bertz CT molecular complexity index is 1220. The summed E-state index contributed by atoms with van der Waals surface area (Å²) < 4.78 is 26.0. The smallest absolute Gasteiger partial charge is 0.412 e. The molecule has 4 nitrogen and oxygen atoms in total. The highest BCUT2D eigenvalue weighted by molar-refractivity contribution is 9.10. The number of carbonyl (C=O) groups excluding carboxylic acids is 1. The van der Waals surface area contributed by atoms with E-state index >= 15 is 0 Å². The molecule has 0 fully saturated rings. The van der Waals surface area contributed by atoms with Crippen LogP contribution in [-0.2, 0) is 4.74 Å². The Labute approximate surface area is 185 Å². The van der Waals surface area contributed by atoms with Gasteiger partial charge < -0.3 is 9.15 Å². The molecule has 152 valence electrons. The summed E-state index contributed by atoms with van der Waals surface area (Å²) in [5.74, 6) is -0.0227. The summed E-state index contributed by atoms with van der Waals surface area (Å²) in [7, 11) is 0. The van der Waals surface area contributed by atoms with Crippen molar-refractivity contribution in [2.45, 2.75) is 13.0 Å². The fourth-order valence-electron chi connectivity index (χ4n) is 3.16. The molecular formula is C23H16BrClFNO3. The van der Waals surface area contributed by atoms with E-state index in [0.717, 1.165) is 10.0 Å². The van der Waals surface area contributed by atoms with Crippen LogP contribution >= 0.6 is 27.5 Å². The number of fused-ring (bicyclic) bond motifs is 1. The quantitative estimate of drug-likeness (QED) is 0.317. The number of benzene rings is 3. The SMILES string of the molecule is C[C@@H](OC(=O)Nc1c(-c2ccc(Br)cc2)oc2cc(F)ccc12)c1ccccc1Cl. The van der Waals surface area contributed by atoms with Crippen LogP contribution in [0, 0.1) is 5.82 Å². The van der Waals surface area contributed by atoms with E-state index in [0.29, 0.717) is 33.0 Å². The summed E-state index contributed by atoms with van der Waals surface area (Å²) >= 11 is 9.59. The molecule has 1 atom stereocenters. The zero-order valence-electron chi connectivity index (χ0n) is 15.8. The number of ether oxygens (including phenoxy) is 1. The van der Waals surface area contributed by atoms with Crippen molar-refractivity contribution in [3.63, 3.8) is 0 Å². The molecule has 4 aromatic rings. The van der Waals surface area contributed by atoms with Gasteiger partial charge in [0.1, 0.15) is 17.5 Å². The lowest BCUT2D eigenvalue weighted by Gasteiger charge is -2.15. The fourth-order valence-corrected chi connectivity index (χ4v) is 3.71. The highest BCUT2D eigenvalue weighted by atomic mass is 79.9. The summed E-state index contributed by atoms with van der Waals surface area (Å²) in [6.07, 6.45) is -1.24. The number of nitrogens with one attached hydrogen (secondary N) is 1. The largest absolute Gasteiger partial charge is 0.454 e. The average molecular weight is 489 g/mol. The number of amides is 1. The van der Waals surface area contributed by atoms with Gasteiger partial charge in [0.15, 0.2) is 5.76 Å². The van der Waals surface area contributed by atoms with Crippen LogP contribution < -0.4 is 5.32 Å². The van der Waals surface area contributed by atoms with Gasteiger partial charge in [-0.2, -0.15) is 0 Å². The molecule has 4 rings (SSSR count). The van der Waals surface area contributed by atoms with Gasteiger partial charge in [0.05, 0.1) is 5.69 Å². The van der Waals surface area contributed by atoms with Crippen molar-refractivity contribution in [1.82, 2.24) is 0 Å². The minimum Gasteiger partial charge on any atom is -0.454 e. The van der Waals surface area contributed by atoms with E-state index in [-0.39, 0.29) is 0 Å². The van der Waals surface area contributed by atoms with Gasteiger partial charge in [0, 0.05) is 32.1 Å². The monoisotopic (exact) mass is 487 g/mol. The first-order valence-electron chi connectivity index (χ1n) is 9.12. The Balaban J connectivity index is 1.67. The number of hydrogen-bond acceptors (Lipinski definition) is 3.